The maximum atomic E-state index is 13.3. The second-order valence-corrected chi connectivity index (χ2v) is 13.7. The van der Waals surface area contributed by atoms with Crippen LogP contribution in [0.1, 0.15) is 24.0 Å². The first-order valence-corrected chi connectivity index (χ1v) is 14.8. The molecule has 1 saturated carbocycles. The van der Waals surface area contributed by atoms with Crippen LogP contribution in [0, 0.1) is 0 Å². The summed E-state index contributed by atoms with van der Waals surface area (Å²) in [6.45, 7) is 0.838. The van der Waals surface area contributed by atoms with Gasteiger partial charge in [0.25, 0.3) is 0 Å². The van der Waals surface area contributed by atoms with E-state index in [0.717, 1.165) is 29.5 Å². The summed E-state index contributed by atoms with van der Waals surface area (Å²) in [5, 5.41) is 8.32. The summed E-state index contributed by atoms with van der Waals surface area (Å²) in [5.41, 5.74) is 8.01. The van der Waals surface area contributed by atoms with E-state index in [9.17, 15) is 9.00 Å². The number of ether oxygens (including phenoxy) is 1. The maximum absolute atomic E-state index is 13.3. The average Bonchev–Trinajstić information content (AvgIpc) is 3.30. The molecule has 0 aliphatic heterocycles. The van der Waals surface area contributed by atoms with Crippen LogP contribution in [0.25, 0.3) is 10.9 Å². The molecule has 0 radical (unpaired) electrons. The minimum atomic E-state index is -3.06. The molecule has 188 valence electrons. The van der Waals surface area contributed by atoms with Crippen molar-refractivity contribution in [3.05, 3.63) is 70.1 Å². The fourth-order valence-electron chi connectivity index (χ4n) is 3.91. The third-order valence-electron chi connectivity index (χ3n) is 6.02. The van der Waals surface area contributed by atoms with E-state index >= 15 is 0 Å². The molecule has 8 nitrogen and oxygen atoms in total. The van der Waals surface area contributed by atoms with Crippen LogP contribution in [-0.4, -0.2) is 32.5 Å². The maximum Gasteiger partial charge on any atom is 0.240 e. The number of carbonyl (C=O) groups is 1. The number of hydrogen-bond acceptors (Lipinski definition) is 7. The SMILES string of the molecule is COc1cccc2c1c(NS(=O)(=S)c1ccc(Cl)s1)nn2Cc1cccc(CNC(=O)C2(N)CC2)c1. The molecule has 5 rings (SSSR count). The van der Waals surface area contributed by atoms with Crippen molar-refractivity contribution >= 4 is 65.4 Å². The van der Waals surface area contributed by atoms with Crippen molar-refractivity contribution < 1.29 is 13.7 Å². The van der Waals surface area contributed by atoms with Gasteiger partial charge in [0.1, 0.15) is 9.96 Å². The van der Waals surface area contributed by atoms with Gasteiger partial charge in [0.2, 0.25) is 5.91 Å². The molecule has 36 heavy (non-hydrogen) atoms. The number of amides is 1. The Labute approximate surface area is 222 Å². The third kappa shape index (κ3) is 5.07. The van der Waals surface area contributed by atoms with Gasteiger partial charge in [-0.25, -0.2) is 4.21 Å². The smallest absolute Gasteiger partial charge is 0.240 e. The minimum absolute atomic E-state index is 0.117. The molecule has 0 spiro atoms. The molecule has 1 unspecified atom stereocenters. The first kappa shape index (κ1) is 25.0. The zero-order valence-corrected chi connectivity index (χ0v) is 22.5. The number of carbonyl (C=O) groups excluding carboxylic acids is 1. The Morgan fingerprint density at radius 1 is 1.25 bits per heavy atom. The Morgan fingerprint density at radius 3 is 2.69 bits per heavy atom. The van der Waals surface area contributed by atoms with Crippen LogP contribution < -0.4 is 20.5 Å². The molecule has 1 aliphatic rings. The molecule has 2 aromatic carbocycles. The van der Waals surface area contributed by atoms with Gasteiger partial charge < -0.3 is 15.8 Å². The number of rotatable bonds is 9. The number of fused-ring (bicyclic) bond motifs is 1. The normalized spacial score (nSPS) is 15.9. The third-order valence-corrected chi connectivity index (χ3v) is 10.2. The zero-order chi connectivity index (χ0) is 25.5. The number of aromatic nitrogens is 2. The molecule has 2 aromatic heterocycles. The van der Waals surface area contributed by atoms with Gasteiger partial charge in [-0.1, -0.05) is 41.9 Å². The lowest BCUT2D eigenvalue weighted by Gasteiger charge is -2.11. The van der Waals surface area contributed by atoms with Gasteiger partial charge in [-0.2, -0.15) is 5.10 Å². The predicted molar refractivity (Wildman–Crippen MR) is 147 cm³/mol. The molecule has 0 bridgehead atoms. The lowest BCUT2D eigenvalue weighted by molar-refractivity contribution is -0.123. The highest BCUT2D eigenvalue weighted by atomic mass is 35.5. The van der Waals surface area contributed by atoms with Crippen LogP contribution >= 0.6 is 22.9 Å². The second-order valence-electron chi connectivity index (χ2n) is 8.68. The topological polar surface area (TPSA) is 111 Å². The molecule has 4 N–H and O–H groups in total. The number of benzene rings is 2. The van der Waals surface area contributed by atoms with Gasteiger partial charge in [-0.3, -0.25) is 14.2 Å². The van der Waals surface area contributed by atoms with E-state index in [-0.39, 0.29) is 5.91 Å². The Kier molecular flexibility index (Phi) is 6.69. The molecule has 4 aromatic rings. The highest BCUT2D eigenvalue weighted by Gasteiger charge is 2.45. The Hall–Kier alpha value is -2.70. The van der Waals surface area contributed by atoms with Gasteiger partial charge in [-0.05, 0) is 48.2 Å². The highest BCUT2D eigenvalue weighted by molar-refractivity contribution is 8.34. The largest absolute Gasteiger partial charge is 0.496 e. The van der Waals surface area contributed by atoms with Crippen molar-refractivity contribution in [1.82, 2.24) is 15.1 Å². The van der Waals surface area contributed by atoms with Gasteiger partial charge in [-0.15, -0.1) is 11.3 Å². The fourth-order valence-corrected chi connectivity index (χ4v) is 7.11. The highest BCUT2D eigenvalue weighted by Crippen LogP contribution is 2.35. The molecule has 1 fully saturated rings. The fraction of sp³-hybridized carbons (Fsp3) is 0.250. The van der Waals surface area contributed by atoms with E-state index in [1.54, 1.807) is 19.2 Å². The standard InChI is InChI=1S/C24H24ClN5O3S3/c1-33-18-7-3-6-17-21(18)22(29-36(32,34)20-9-8-19(25)35-20)28-30(17)14-16-5-2-4-15(12-16)13-27-23(31)24(26)10-11-24/h2-9,12H,10-11,13-14,26H2,1H3,(H,27,31)(H,28,29). The Balaban J connectivity index is 1.44. The van der Waals surface area contributed by atoms with Gasteiger partial charge in [0.05, 0.1) is 34.4 Å². The van der Waals surface area contributed by atoms with Crippen molar-refractivity contribution in [2.24, 2.45) is 5.73 Å². The molecule has 1 aliphatic carbocycles. The minimum Gasteiger partial charge on any atom is -0.496 e. The van der Waals surface area contributed by atoms with E-state index in [0.29, 0.717) is 38.6 Å². The lowest BCUT2D eigenvalue weighted by atomic mass is 10.1. The summed E-state index contributed by atoms with van der Waals surface area (Å²) in [4.78, 5) is 12.2. The van der Waals surface area contributed by atoms with Crippen LogP contribution in [0.4, 0.5) is 5.82 Å². The molecular formula is C24H24ClN5O3S3. The monoisotopic (exact) mass is 561 g/mol. The van der Waals surface area contributed by atoms with E-state index in [4.69, 9.17) is 38.4 Å². The zero-order valence-electron chi connectivity index (χ0n) is 19.3. The summed E-state index contributed by atoms with van der Waals surface area (Å²) in [6.07, 6.45) is 1.45. The van der Waals surface area contributed by atoms with Crippen molar-refractivity contribution in [3.63, 3.8) is 0 Å². The lowest BCUT2D eigenvalue weighted by Crippen LogP contribution is -2.42. The molecule has 12 heteroatoms. The second kappa shape index (κ2) is 9.64. The van der Waals surface area contributed by atoms with Crippen molar-refractivity contribution in [1.29, 1.82) is 0 Å². The number of anilines is 1. The van der Waals surface area contributed by atoms with Crippen LogP contribution in [0.5, 0.6) is 5.75 Å². The van der Waals surface area contributed by atoms with E-state index in [1.165, 1.54) is 11.3 Å². The van der Waals surface area contributed by atoms with Gasteiger partial charge >= 0.3 is 0 Å². The summed E-state index contributed by atoms with van der Waals surface area (Å²) < 4.78 is 24.7. The van der Waals surface area contributed by atoms with E-state index in [2.05, 4.69) is 10.0 Å². The summed E-state index contributed by atoms with van der Waals surface area (Å²) in [6, 6.07) is 16.8. The first-order chi connectivity index (χ1) is 17.2. The first-order valence-electron chi connectivity index (χ1n) is 11.2. The molecule has 2 heterocycles. The molecular weight excluding hydrogens is 538 g/mol. The number of methoxy groups -OCH3 is 1. The summed E-state index contributed by atoms with van der Waals surface area (Å²) >= 11 is 12.6. The van der Waals surface area contributed by atoms with Gasteiger partial charge in [0.15, 0.2) is 14.5 Å². The Morgan fingerprint density at radius 2 is 2.00 bits per heavy atom. The number of hydrogen-bond donors (Lipinski definition) is 3. The van der Waals surface area contributed by atoms with Crippen molar-refractivity contribution in [3.8, 4) is 5.75 Å². The van der Waals surface area contributed by atoms with E-state index < -0.39 is 14.2 Å². The quantitative estimate of drug-likeness (QED) is 0.284. The van der Waals surface area contributed by atoms with Gasteiger partial charge in [0, 0.05) is 17.7 Å². The average molecular weight is 562 g/mol. The number of nitrogens with one attached hydrogen (secondary N) is 2. The molecule has 0 saturated heterocycles. The number of nitrogens with zero attached hydrogens (tertiary/aromatic N) is 2. The van der Waals surface area contributed by atoms with Crippen molar-refractivity contribution in [2.45, 2.75) is 35.7 Å². The van der Waals surface area contributed by atoms with Crippen LogP contribution in [0.15, 0.2) is 58.8 Å². The summed E-state index contributed by atoms with van der Waals surface area (Å²) in [5.74, 6) is 0.837. The van der Waals surface area contributed by atoms with E-state index in [1.807, 2.05) is 47.1 Å². The molecule has 1 amide bonds. The van der Waals surface area contributed by atoms with Crippen LogP contribution in [0.3, 0.4) is 0 Å². The van der Waals surface area contributed by atoms with Crippen LogP contribution in [0.2, 0.25) is 4.34 Å². The number of halogens is 1. The Bertz CT molecular complexity index is 1560. The predicted octanol–water partition coefficient (Wildman–Crippen LogP) is 4.05. The van der Waals surface area contributed by atoms with Crippen LogP contribution in [-0.2, 0) is 37.8 Å². The molecule has 1 atom stereocenters. The van der Waals surface area contributed by atoms with Crippen molar-refractivity contribution in [2.75, 3.05) is 11.8 Å². The summed E-state index contributed by atoms with van der Waals surface area (Å²) in [7, 11) is -1.49. The number of thiophene rings is 1. The number of nitrogens with two attached hydrogens (primary N) is 1.